The fourth-order valence-corrected chi connectivity index (χ4v) is 4.54. The normalized spacial score (nSPS) is 12.3. The number of benzene rings is 1. The van der Waals surface area contributed by atoms with Crippen molar-refractivity contribution in [3.05, 3.63) is 45.1 Å². The van der Waals surface area contributed by atoms with Gasteiger partial charge in [0.25, 0.3) is 0 Å². The van der Waals surface area contributed by atoms with Gasteiger partial charge < -0.3 is 10.1 Å². The third kappa shape index (κ3) is 3.62. The Kier molecular flexibility index (Phi) is 5.50. The molecule has 0 aliphatic heterocycles. The number of sulfone groups is 1. The lowest BCUT2D eigenvalue weighted by Gasteiger charge is -2.21. The van der Waals surface area contributed by atoms with E-state index in [4.69, 9.17) is 0 Å². The van der Waals surface area contributed by atoms with Crippen LogP contribution in [0.3, 0.4) is 0 Å². The summed E-state index contributed by atoms with van der Waals surface area (Å²) in [6.45, 7) is 11.8. The summed E-state index contributed by atoms with van der Waals surface area (Å²) in [5.74, 6) is 0.167. The second kappa shape index (κ2) is 7.14. The zero-order chi connectivity index (χ0) is 19.8. The number of nitrogens with zero attached hydrogens (tertiary/aromatic N) is 4. The molecule has 0 aliphatic rings. The second-order valence-corrected chi connectivity index (χ2v) is 9.04. The first kappa shape index (κ1) is 20.0. The number of hydrogen-bond acceptors (Lipinski definition) is 6. The van der Waals surface area contributed by atoms with Crippen molar-refractivity contribution in [1.82, 2.24) is 15.1 Å². The minimum atomic E-state index is -4.04. The third-order valence-corrected chi connectivity index (χ3v) is 6.00. The van der Waals surface area contributed by atoms with Crippen molar-refractivity contribution in [2.24, 2.45) is 0 Å². The molecule has 0 unspecified atom stereocenters. The zero-order valence-corrected chi connectivity index (χ0v) is 16.6. The van der Waals surface area contributed by atoms with Gasteiger partial charge in [-0.05, 0) is 34.4 Å². The minimum absolute atomic E-state index is 0.0402. The van der Waals surface area contributed by atoms with E-state index in [1.165, 1.54) is 0 Å². The van der Waals surface area contributed by atoms with Gasteiger partial charge in [0.15, 0.2) is 5.21 Å². The number of nitro groups is 1. The fourth-order valence-electron chi connectivity index (χ4n) is 2.75. The van der Waals surface area contributed by atoms with E-state index in [1.807, 2.05) is 39.8 Å². The standard InChI is InChI=1S/C17H24N4O4S/c1-10(2)13-7-14(11(3)4)17(15(8-13)12(5)6)26(24,25)16-9-20(19-18-16)21(22)23/h7-12H,1-6H3. The molecule has 26 heavy (non-hydrogen) atoms. The van der Waals surface area contributed by atoms with Crippen molar-refractivity contribution in [3.63, 3.8) is 0 Å². The first-order valence-electron chi connectivity index (χ1n) is 8.46. The van der Waals surface area contributed by atoms with Crippen molar-refractivity contribution in [2.45, 2.75) is 69.2 Å². The van der Waals surface area contributed by atoms with Crippen LogP contribution in [0.4, 0.5) is 0 Å². The van der Waals surface area contributed by atoms with Crippen LogP contribution >= 0.6 is 0 Å². The highest BCUT2D eigenvalue weighted by Crippen LogP contribution is 2.37. The maximum absolute atomic E-state index is 13.3. The van der Waals surface area contributed by atoms with Crippen molar-refractivity contribution >= 4 is 9.84 Å². The number of aromatic nitrogens is 3. The van der Waals surface area contributed by atoms with Gasteiger partial charge in [-0.2, -0.15) is 0 Å². The van der Waals surface area contributed by atoms with Crippen molar-refractivity contribution < 1.29 is 13.5 Å². The van der Waals surface area contributed by atoms with E-state index < -0.39 is 19.9 Å². The maximum Gasteiger partial charge on any atom is 0.234 e. The Bertz CT molecular complexity index is 901. The fraction of sp³-hybridized carbons (Fsp3) is 0.529. The van der Waals surface area contributed by atoms with Crippen molar-refractivity contribution in [1.29, 1.82) is 0 Å². The van der Waals surface area contributed by atoms with Gasteiger partial charge in [-0.1, -0.05) is 53.7 Å². The average molecular weight is 380 g/mol. The first-order chi connectivity index (χ1) is 12.0. The van der Waals surface area contributed by atoms with Crippen molar-refractivity contribution in [2.75, 3.05) is 0 Å². The molecule has 0 saturated carbocycles. The maximum atomic E-state index is 13.3. The third-order valence-electron chi connectivity index (χ3n) is 4.25. The Labute approximate surface area is 153 Å². The second-order valence-electron chi connectivity index (χ2n) is 7.21. The largest absolute Gasteiger partial charge is 0.339 e. The Morgan fingerprint density at radius 2 is 1.50 bits per heavy atom. The molecule has 1 aromatic carbocycles. The molecule has 0 spiro atoms. The van der Waals surface area contributed by atoms with Crippen LogP contribution < -0.4 is 0 Å². The van der Waals surface area contributed by atoms with Crippen LogP contribution in [-0.2, 0) is 9.84 Å². The highest BCUT2D eigenvalue weighted by atomic mass is 32.2. The molecule has 0 amide bonds. The van der Waals surface area contributed by atoms with E-state index in [-0.39, 0.29) is 22.6 Å². The van der Waals surface area contributed by atoms with Gasteiger partial charge in [0.2, 0.25) is 14.9 Å². The number of rotatable bonds is 6. The smallest absolute Gasteiger partial charge is 0.234 e. The lowest BCUT2D eigenvalue weighted by Crippen LogP contribution is -2.13. The lowest BCUT2D eigenvalue weighted by molar-refractivity contribution is -0.553. The summed E-state index contributed by atoms with van der Waals surface area (Å²) in [7, 11) is -4.04. The Balaban J connectivity index is 2.82. The van der Waals surface area contributed by atoms with E-state index in [2.05, 4.69) is 24.2 Å². The molecule has 0 fully saturated rings. The molecule has 9 heteroatoms. The summed E-state index contributed by atoms with van der Waals surface area (Å²) in [5.41, 5.74) is 2.44. The number of hydrogen-bond donors (Lipinski definition) is 0. The quantitative estimate of drug-likeness (QED) is 0.560. The molecule has 1 aromatic heterocycles. The Hall–Kier alpha value is -2.29. The predicted molar refractivity (Wildman–Crippen MR) is 96.6 cm³/mol. The van der Waals surface area contributed by atoms with E-state index in [1.54, 1.807) is 0 Å². The molecule has 0 radical (unpaired) electrons. The van der Waals surface area contributed by atoms with Gasteiger partial charge in [0.05, 0.1) is 9.93 Å². The molecule has 142 valence electrons. The Morgan fingerprint density at radius 3 is 1.85 bits per heavy atom. The molecule has 0 saturated heterocycles. The van der Waals surface area contributed by atoms with Gasteiger partial charge in [0.1, 0.15) is 6.20 Å². The van der Waals surface area contributed by atoms with Gasteiger partial charge in [0, 0.05) is 9.89 Å². The molecule has 0 aliphatic carbocycles. The van der Waals surface area contributed by atoms with Crippen LogP contribution in [0.15, 0.2) is 28.3 Å². The predicted octanol–water partition coefficient (Wildman–Crippen LogP) is 3.52. The van der Waals surface area contributed by atoms with Crippen LogP contribution in [0.2, 0.25) is 0 Å². The van der Waals surface area contributed by atoms with E-state index in [9.17, 15) is 18.5 Å². The lowest BCUT2D eigenvalue weighted by atomic mass is 9.89. The molecule has 2 rings (SSSR count). The van der Waals surface area contributed by atoms with Crippen LogP contribution in [0.5, 0.6) is 0 Å². The summed E-state index contributed by atoms with van der Waals surface area (Å²) in [5, 5.41) is 16.4. The topological polar surface area (TPSA) is 108 Å². The van der Waals surface area contributed by atoms with Gasteiger partial charge in [-0.15, -0.1) is 0 Å². The molecule has 0 N–H and O–H groups in total. The van der Waals surface area contributed by atoms with E-state index in [0.717, 1.165) is 11.8 Å². The Morgan fingerprint density at radius 1 is 1.00 bits per heavy atom. The summed E-state index contributed by atoms with van der Waals surface area (Å²) in [6.07, 6.45) is 0.833. The molecule has 8 nitrogen and oxygen atoms in total. The monoisotopic (exact) mass is 380 g/mol. The SMILES string of the molecule is CC(C)c1cc(C(C)C)c(S(=O)(=O)c2cn([N+](=O)[O-])nn2)c(C(C)C)c1. The molecule has 1 heterocycles. The first-order valence-corrected chi connectivity index (χ1v) is 9.95. The zero-order valence-electron chi connectivity index (χ0n) is 15.8. The summed E-state index contributed by atoms with van der Waals surface area (Å²) >= 11 is 0. The van der Waals surface area contributed by atoms with Gasteiger partial charge >= 0.3 is 0 Å². The van der Waals surface area contributed by atoms with Crippen LogP contribution in [0, 0.1) is 10.1 Å². The summed E-state index contributed by atoms with van der Waals surface area (Å²) < 4.78 is 26.5. The molecule has 2 aromatic rings. The summed E-state index contributed by atoms with van der Waals surface area (Å²) in [6, 6.07) is 3.82. The van der Waals surface area contributed by atoms with E-state index >= 15 is 0 Å². The van der Waals surface area contributed by atoms with Crippen LogP contribution in [-0.4, -0.2) is 28.6 Å². The van der Waals surface area contributed by atoms with E-state index in [0.29, 0.717) is 15.9 Å². The molecule has 0 atom stereocenters. The molecular weight excluding hydrogens is 356 g/mol. The minimum Gasteiger partial charge on any atom is -0.339 e. The molecular formula is C17H24N4O4S. The molecule has 0 bridgehead atoms. The van der Waals surface area contributed by atoms with Crippen LogP contribution in [0.25, 0.3) is 0 Å². The average Bonchev–Trinajstić information content (AvgIpc) is 3.04. The highest BCUT2D eigenvalue weighted by molar-refractivity contribution is 7.91. The van der Waals surface area contributed by atoms with Gasteiger partial charge in [-0.25, -0.2) is 8.42 Å². The highest BCUT2D eigenvalue weighted by Gasteiger charge is 2.32. The summed E-state index contributed by atoms with van der Waals surface area (Å²) in [4.78, 5) is 11.3. The van der Waals surface area contributed by atoms with Crippen molar-refractivity contribution in [3.8, 4) is 0 Å². The van der Waals surface area contributed by atoms with Crippen LogP contribution in [0.1, 0.15) is 76.0 Å². The van der Waals surface area contributed by atoms with Gasteiger partial charge in [-0.3, -0.25) is 0 Å².